The van der Waals surface area contributed by atoms with Crippen LogP contribution in [0.5, 0.6) is 0 Å². The number of nitrogens with zero attached hydrogens (tertiary/aromatic N) is 1. The molecule has 0 unspecified atom stereocenters. The number of hydrogen-bond donors (Lipinski definition) is 4. The second-order valence-corrected chi connectivity index (χ2v) is 15.5. The summed E-state index contributed by atoms with van der Waals surface area (Å²) >= 11 is 0. The van der Waals surface area contributed by atoms with Crippen molar-refractivity contribution in [3.8, 4) is 0 Å². The number of rotatable bonds is 44. The number of hydrogen-bond acceptors (Lipinski definition) is 10. The van der Waals surface area contributed by atoms with Gasteiger partial charge in [0.1, 0.15) is 19.8 Å². The summed E-state index contributed by atoms with van der Waals surface area (Å²) in [7, 11) is 0. The van der Waals surface area contributed by atoms with E-state index in [1.165, 1.54) is 103 Å². The average molecular weight is 836 g/mol. The maximum atomic E-state index is 12.4. The summed E-state index contributed by atoms with van der Waals surface area (Å²) in [4.78, 5) is 67.0. The molecule has 15 heteroatoms. The van der Waals surface area contributed by atoms with Gasteiger partial charge in [-0.1, -0.05) is 116 Å². The summed E-state index contributed by atoms with van der Waals surface area (Å²) in [5.41, 5.74) is 14.2. The Hall–Kier alpha value is -3.24. The minimum atomic E-state index is -0.997. The van der Waals surface area contributed by atoms with Gasteiger partial charge in [-0.05, 0) is 19.3 Å². The summed E-state index contributed by atoms with van der Waals surface area (Å²) in [5, 5.41) is 5.43. The van der Waals surface area contributed by atoms with E-state index in [9.17, 15) is 24.0 Å². The lowest BCUT2D eigenvalue weighted by atomic mass is 9.92. The number of ether oxygens (including phenoxy) is 4. The van der Waals surface area contributed by atoms with E-state index in [1.807, 2.05) is 0 Å². The number of nitrogens with two attached hydrogens (primary N) is 1. The molecule has 0 spiro atoms. The highest BCUT2D eigenvalue weighted by Gasteiger charge is 2.24. The number of nitrogens with one attached hydrogen (secondary N) is 4. The van der Waals surface area contributed by atoms with Crippen molar-refractivity contribution in [2.45, 2.75) is 161 Å². The lowest BCUT2D eigenvalue weighted by molar-refractivity contribution is -0.128. The first kappa shape index (κ1) is 53.8. The fourth-order valence-corrected chi connectivity index (χ4v) is 6.54. The molecule has 59 heavy (non-hydrogen) atoms. The lowest BCUT2D eigenvalue weighted by Crippen LogP contribution is -2.32. The van der Waals surface area contributed by atoms with Crippen molar-refractivity contribution in [3.05, 3.63) is 18.2 Å². The van der Waals surface area contributed by atoms with E-state index in [0.29, 0.717) is 44.5 Å². The molecule has 0 saturated carbocycles. The van der Waals surface area contributed by atoms with Crippen molar-refractivity contribution in [2.75, 3.05) is 65.9 Å². The Bertz CT molecular complexity index is 1200. The van der Waals surface area contributed by atoms with Gasteiger partial charge in [-0.25, -0.2) is 10.7 Å². The number of aromatic nitrogens is 2. The van der Waals surface area contributed by atoms with Crippen LogP contribution in [-0.2, 0) is 49.3 Å². The Balaban J connectivity index is 1.84. The predicted octanol–water partition coefficient (Wildman–Crippen LogP) is 5.74. The molecule has 6 N–H and O–H groups in total. The van der Waals surface area contributed by atoms with Crippen LogP contribution in [0.4, 0.5) is 0 Å². The normalized spacial score (nSPS) is 12.3. The van der Waals surface area contributed by atoms with E-state index in [4.69, 9.17) is 30.4 Å². The van der Waals surface area contributed by atoms with Crippen LogP contribution in [0.2, 0.25) is 0 Å². The molecular weight excluding hydrogens is 757 g/mol. The first-order chi connectivity index (χ1) is 28.7. The molecule has 1 heterocycles. The van der Waals surface area contributed by atoms with Crippen LogP contribution in [0.1, 0.15) is 154 Å². The number of ketones is 2. The lowest BCUT2D eigenvalue weighted by Gasteiger charge is -2.15. The SMILES string of the molecule is CCCCCCCCCCCCCCCCCCCC(=O)COCCOCC(=O)NCCOCCOCC(=O)NCCCC[C@H](CC(=O)[C@@H]([NH])Cc1cnc[nH]1)C(N)=O. The van der Waals surface area contributed by atoms with Gasteiger partial charge in [0.25, 0.3) is 0 Å². The first-order valence-corrected chi connectivity index (χ1v) is 22.6. The number of Topliss-reactive ketones (excluding diaryl/α,β-unsaturated/α-hetero) is 2. The highest BCUT2D eigenvalue weighted by molar-refractivity contribution is 5.89. The molecule has 0 aromatic carbocycles. The third-order valence-electron chi connectivity index (χ3n) is 10.1. The molecule has 0 bridgehead atoms. The first-order valence-electron chi connectivity index (χ1n) is 22.6. The molecular formula is C44H79N6O9. The molecule has 0 saturated heterocycles. The molecule has 3 amide bonds. The fourth-order valence-electron chi connectivity index (χ4n) is 6.54. The van der Waals surface area contributed by atoms with Gasteiger partial charge in [-0.15, -0.1) is 0 Å². The molecule has 339 valence electrons. The molecule has 0 aliphatic rings. The summed E-state index contributed by atoms with van der Waals surface area (Å²) in [6, 6.07) is -0.997. The molecule has 1 radical (unpaired) electrons. The number of amides is 3. The molecule has 15 nitrogen and oxygen atoms in total. The third-order valence-corrected chi connectivity index (χ3v) is 10.1. The van der Waals surface area contributed by atoms with Crippen molar-refractivity contribution in [2.24, 2.45) is 11.7 Å². The maximum Gasteiger partial charge on any atom is 0.246 e. The van der Waals surface area contributed by atoms with Gasteiger partial charge in [0.15, 0.2) is 11.6 Å². The van der Waals surface area contributed by atoms with Gasteiger partial charge in [0.05, 0.1) is 45.4 Å². The van der Waals surface area contributed by atoms with Crippen molar-refractivity contribution in [1.82, 2.24) is 26.3 Å². The van der Waals surface area contributed by atoms with E-state index >= 15 is 0 Å². The van der Waals surface area contributed by atoms with Crippen molar-refractivity contribution >= 4 is 29.3 Å². The quantitative estimate of drug-likeness (QED) is 0.0583. The van der Waals surface area contributed by atoms with E-state index in [2.05, 4.69) is 27.5 Å². The van der Waals surface area contributed by atoms with Gasteiger partial charge in [-0.2, -0.15) is 0 Å². The summed E-state index contributed by atoms with van der Waals surface area (Å²) in [6.45, 7) is 4.00. The van der Waals surface area contributed by atoms with Crippen molar-refractivity contribution in [3.63, 3.8) is 0 Å². The monoisotopic (exact) mass is 836 g/mol. The Morgan fingerprint density at radius 3 is 1.69 bits per heavy atom. The van der Waals surface area contributed by atoms with E-state index in [-0.39, 0.29) is 89.1 Å². The number of aromatic amines is 1. The van der Waals surface area contributed by atoms with E-state index in [1.54, 1.807) is 6.20 Å². The molecule has 2 atom stereocenters. The molecule has 0 fully saturated rings. The second-order valence-electron chi connectivity index (χ2n) is 15.5. The minimum Gasteiger partial charge on any atom is -0.377 e. The summed E-state index contributed by atoms with van der Waals surface area (Å²) in [6.07, 6.45) is 27.6. The second kappa shape index (κ2) is 38.9. The Kier molecular flexibility index (Phi) is 35.5. The smallest absolute Gasteiger partial charge is 0.246 e. The van der Waals surface area contributed by atoms with Crippen molar-refractivity contribution in [1.29, 1.82) is 0 Å². The van der Waals surface area contributed by atoms with Gasteiger partial charge < -0.3 is 40.3 Å². The van der Waals surface area contributed by atoms with E-state index < -0.39 is 17.9 Å². The van der Waals surface area contributed by atoms with Gasteiger partial charge in [0, 0.05) is 50.2 Å². The van der Waals surface area contributed by atoms with Crippen LogP contribution in [0.25, 0.3) is 0 Å². The van der Waals surface area contributed by atoms with Gasteiger partial charge >= 0.3 is 0 Å². The molecule has 1 aromatic rings. The number of unbranched alkanes of at least 4 members (excludes halogenated alkanes) is 17. The van der Waals surface area contributed by atoms with Crippen LogP contribution in [0, 0.1) is 5.92 Å². The topological polar surface area (TPSA) is 225 Å². The summed E-state index contributed by atoms with van der Waals surface area (Å²) in [5.74, 6) is -2.03. The highest BCUT2D eigenvalue weighted by atomic mass is 16.5. The number of carbonyl (C=O) groups excluding carboxylic acids is 5. The zero-order valence-corrected chi connectivity index (χ0v) is 36.3. The molecule has 1 rings (SSSR count). The Morgan fingerprint density at radius 1 is 0.661 bits per heavy atom. The molecule has 0 aliphatic heterocycles. The standard InChI is InChI=1S/C44H79N6O9/c1-2-3-4-5-6-7-8-9-10-11-12-13-14-15-16-17-18-22-39(51)33-57-28-29-59-35-43(54)49-24-25-56-26-27-58-34-42(53)48-23-20-19-21-37(44(46)55)30-41(52)40(45)31-38-32-47-36-50-38/h32,36-37,40,45H,2-31,33-35H2,1H3,(H2,46,55)(H,47,50)(H,48,53)(H,49,54)/t37-,40+/m1/s1. The average Bonchev–Trinajstić information content (AvgIpc) is 3.73. The minimum absolute atomic E-state index is 0.0789. The van der Waals surface area contributed by atoms with E-state index in [0.717, 1.165) is 12.8 Å². The van der Waals surface area contributed by atoms with Gasteiger partial charge in [0.2, 0.25) is 17.7 Å². The number of imidazole rings is 1. The Morgan fingerprint density at radius 2 is 1.17 bits per heavy atom. The Labute approximate surface area is 354 Å². The fraction of sp³-hybridized carbons (Fsp3) is 0.818. The van der Waals surface area contributed by atoms with Crippen molar-refractivity contribution < 1.29 is 42.9 Å². The van der Waals surface area contributed by atoms with Crippen LogP contribution >= 0.6 is 0 Å². The van der Waals surface area contributed by atoms with Crippen LogP contribution in [0.15, 0.2) is 12.5 Å². The van der Waals surface area contributed by atoms with Crippen LogP contribution in [-0.4, -0.2) is 111 Å². The maximum absolute atomic E-state index is 12.4. The largest absolute Gasteiger partial charge is 0.377 e. The predicted molar refractivity (Wildman–Crippen MR) is 228 cm³/mol. The number of H-pyrrole nitrogens is 1. The van der Waals surface area contributed by atoms with Gasteiger partial charge in [-0.3, -0.25) is 24.0 Å². The third kappa shape index (κ3) is 34.2. The molecule has 0 aliphatic carbocycles. The zero-order chi connectivity index (χ0) is 43.0. The number of carbonyl (C=O) groups is 5. The molecule has 1 aromatic heterocycles. The van der Waals surface area contributed by atoms with Crippen LogP contribution < -0.4 is 22.1 Å². The highest BCUT2D eigenvalue weighted by Crippen LogP contribution is 2.16. The number of primary amides is 1. The summed E-state index contributed by atoms with van der Waals surface area (Å²) < 4.78 is 21.4. The van der Waals surface area contributed by atoms with Crippen LogP contribution in [0.3, 0.4) is 0 Å². The zero-order valence-electron chi connectivity index (χ0n) is 36.3.